The second-order valence-electron chi connectivity index (χ2n) is 2.62. The van der Waals surface area contributed by atoms with Gasteiger partial charge in [0.15, 0.2) is 5.69 Å². The van der Waals surface area contributed by atoms with E-state index in [9.17, 15) is 0 Å². The van der Waals surface area contributed by atoms with Crippen LogP contribution in [0.1, 0.15) is 11.5 Å². The van der Waals surface area contributed by atoms with Gasteiger partial charge in [0.1, 0.15) is 11.9 Å². The molecule has 0 spiro atoms. The van der Waals surface area contributed by atoms with Crippen LogP contribution in [0.4, 0.5) is 0 Å². The topological polar surface area (TPSA) is 49.6 Å². The summed E-state index contributed by atoms with van der Waals surface area (Å²) in [6.45, 7) is 3.61. The molecule has 0 atom stereocenters. The van der Waals surface area contributed by atoms with E-state index in [1.54, 1.807) is 0 Å². The molecule has 0 bridgehead atoms. The van der Waals surface area contributed by atoms with Crippen molar-refractivity contribution in [2.24, 2.45) is 0 Å². The number of benzene rings is 1. The number of para-hydroxylation sites is 1. The SMILES string of the molecule is [CH2]c1nc(C#N)c2ccccc2n1. The first-order valence-corrected chi connectivity index (χ1v) is 3.80. The van der Waals surface area contributed by atoms with Crippen molar-refractivity contribution in [2.75, 3.05) is 0 Å². The van der Waals surface area contributed by atoms with Gasteiger partial charge >= 0.3 is 0 Å². The van der Waals surface area contributed by atoms with Crippen LogP contribution < -0.4 is 0 Å². The van der Waals surface area contributed by atoms with Gasteiger partial charge in [0, 0.05) is 12.3 Å². The van der Waals surface area contributed by atoms with Gasteiger partial charge in [0.25, 0.3) is 0 Å². The Labute approximate surface area is 75.7 Å². The molecule has 61 valence electrons. The van der Waals surface area contributed by atoms with Gasteiger partial charge in [0.2, 0.25) is 0 Å². The minimum Gasteiger partial charge on any atom is -0.233 e. The van der Waals surface area contributed by atoms with Crippen LogP contribution in [-0.2, 0) is 0 Å². The fraction of sp³-hybridized carbons (Fsp3) is 0. The molecule has 1 aromatic carbocycles. The molecule has 0 fully saturated rings. The van der Waals surface area contributed by atoms with E-state index >= 15 is 0 Å². The van der Waals surface area contributed by atoms with Crippen molar-refractivity contribution >= 4 is 10.9 Å². The summed E-state index contributed by atoms with van der Waals surface area (Å²) in [7, 11) is 0. The molecule has 0 aliphatic heterocycles. The largest absolute Gasteiger partial charge is 0.233 e. The van der Waals surface area contributed by atoms with Crippen LogP contribution in [-0.4, -0.2) is 9.97 Å². The standard InChI is InChI=1S/C10H6N3/c1-7-12-9-5-3-2-4-8(9)10(6-11)13-7/h2-5H,1H2. The number of nitrogens with zero attached hydrogens (tertiary/aromatic N) is 3. The van der Waals surface area contributed by atoms with Gasteiger partial charge in [-0.15, -0.1) is 0 Å². The molecular weight excluding hydrogens is 162 g/mol. The van der Waals surface area contributed by atoms with E-state index in [4.69, 9.17) is 5.26 Å². The van der Waals surface area contributed by atoms with Crippen LogP contribution in [0.15, 0.2) is 24.3 Å². The summed E-state index contributed by atoms with van der Waals surface area (Å²) in [5, 5.41) is 9.57. The minimum atomic E-state index is 0.384. The molecule has 0 aliphatic carbocycles. The summed E-state index contributed by atoms with van der Waals surface area (Å²) < 4.78 is 0. The van der Waals surface area contributed by atoms with Gasteiger partial charge in [0.05, 0.1) is 5.52 Å². The van der Waals surface area contributed by atoms with Crippen LogP contribution in [0.3, 0.4) is 0 Å². The molecule has 0 saturated heterocycles. The maximum Gasteiger partial charge on any atom is 0.152 e. The fourth-order valence-corrected chi connectivity index (χ4v) is 1.21. The number of rotatable bonds is 0. The van der Waals surface area contributed by atoms with Crippen molar-refractivity contribution in [3.8, 4) is 6.07 Å². The zero-order valence-corrected chi connectivity index (χ0v) is 6.86. The average molecular weight is 168 g/mol. The summed E-state index contributed by atoms with van der Waals surface area (Å²) in [6, 6.07) is 9.41. The summed E-state index contributed by atoms with van der Waals surface area (Å²) >= 11 is 0. The van der Waals surface area contributed by atoms with Crippen molar-refractivity contribution in [3.63, 3.8) is 0 Å². The first kappa shape index (κ1) is 7.69. The van der Waals surface area contributed by atoms with E-state index in [1.165, 1.54) is 0 Å². The molecular formula is C10H6N3. The Hall–Kier alpha value is -1.95. The fourth-order valence-electron chi connectivity index (χ4n) is 1.21. The number of nitriles is 1. The summed E-state index contributed by atoms with van der Waals surface area (Å²) in [5.74, 6) is 0.384. The Bertz CT molecular complexity index is 497. The molecule has 0 unspecified atom stereocenters. The third-order valence-electron chi connectivity index (χ3n) is 1.76. The zero-order valence-electron chi connectivity index (χ0n) is 6.86. The monoisotopic (exact) mass is 168 g/mol. The van der Waals surface area contributed by atoms with Crippen molar-refractivity contribution in [3.05, 3.63) is 42.7 Å². The predicted molar refractivity (Wildman–Crippen MR) is 48.7 cm³/mol. The van der Waals surface area contributed by atoms with Gasteiger partial charge < -0.3 is 0 Å². The van der Waals surface area contributed by atoms with Gasteiger partial charge in [-0.05, 0) is 12.1 Å². The second kappa shape index (κ2) is 2.83. The second-order valence-corrected chi connectivity index (χ2v) is 2.62. The lowest BCUT2D eigenvalue weighted by molar-refractivity contribution is 1.13. The molecule has 1 heterocycles. The highest BCUT2D eigenvalue weighted by atomic mass is 14.9. The Morgan fingerprint density at radius 3 is 2.77 bits per heavy atom. The van der Waals surface area contributed by atoms with Gasteiger partial charge in [-0.2, -0.15) is 5.26 Å². The quantitative estimate of drug-likeness (QED) is 0.601. The van der Waals surface area contributed by atoms with Crippen LogP contribution in [0.25, 0.3) is 10.9 Å². The van der Waals surface area contributed by atoms with Gasteiger partial charge in [-0.25, -0.2) is 9.97 Å². The van der Waals surface area contributed by atoms with E-state index in [0.29, 0.717) is 11.5 Å². The van der Waals surface area contributed by atoms with E-state index < -0.39 is 0 Å². The lowest BCUT2D eigenvalue weighted by atomic mass is 10.2. The molecule has 2 aromatic rings. The van der Waals surface area contributed by atoms with Crippen molar-refractivity contribution in [1.82, 2.24) is 9.97 Å². The van der Waals surface area contributed by atoms with Crippen molar-refractivity contribution in [2.45, 2.75) is 0 Å². The molecule has 0 aliphatic rings. The molecule has 13 heavy (non-hydrogen) atoms. The third-order valence-corrected chi connectivity index (χ3v) is 1.76. The van der Waals surface area contributed by atoms with Gasteiger partial charge in [-0.1, -0.05) is 12.1 Å². The molecule has 0 saturated carbocycles. The average Bonchev–Trinajstić information content (AvgIpc) is 2.16. The highest BCUT2D eigenvalue weighted by Crippen LogP contribution is 2.13. The summed E-state index contributed by atoms with van der Waals surface area (Å²) in [6.07, 6.45) is 0. The Morgan fingerprint density at radius 1 is 1.23 bits per heavy atom. The number of hydrogen-bond donors (Lipinski definition) is 0. The van der Waals surface area contributed by atoms with Crippen LogP contribution >= 0.6 is 0 Å². The normalized spacial score (nSPS) is 9.85. The molecule has 0 amide bonds. The van der Waals surface area contributed by atoms with E-state index in [-0.39, 0.29) is 0 Å². The Morgan fingerprint density at radius 2 is 2.00 bits per heavy atom. The first-order chi connectivity index (χ1) is 6.31. The predicted octanol–water partition coefficient (Wildman–Crippen LogP) is 1.68. The van der Waals surface area contributed by atoms with E-state index in [0.717, 1.165) is 10.9 Å². The zero-order chi connectivity index (χ0) is 9.26. The molecule has 3 nitrogen and oxygen atoms in total. The molecule has 2 rings (SSSR count). The van der Waals surface area contributed by atoms with Crippen LogP contribution in [0.5, 0.6) is 0 Å². The van der Waals surface area contributed by atoms with Crippen molar-refractivity contribution in [1.29, 1.82) is 5.26 Å². The van der Waals surface area contributed by atoms with Crippen LogP contribution in [0.2, 0.25) is 0 Å². The minimum absolute atomic E-state index is 0.384. The lowest BCUT2D eigenvalue weighted by Gasteiger charge is -1.98. The lowest BCUT2D eigenvalue weighted by Crippen LogP contribution is -1.93. The van der Waals surface area contributed by atoms with Crippen molar-refractivity contribution < 1.29 is 0 Å². The summed E-state index contributed by atoms with van der Waals surface area (Å²) in [5.41, 5.74) is 1.15. The smallest absolute Gasteiger partial charge is 0.152 e. The number of aromatic nitrogens is 2. The molecule has 1 radical (unpaired) electrons. The highest BCUT2D eigenvalue weighted by molar-refractivity contribution is 5.82. The Balaban J connectivity index is 2.91. The summed E-state index contributed by atoms with van der Waals surface area (Å²) in [4.78, 5) is 8.05. The Kier molecular flexibility index (Phi) is 1.67. The van der Waals surface area contributed by atoms with E-state index in [2.05, 4.69) is 16.9 Å². The third kappa shape index (κ3) is 1.23. The highest BCUT2D eigenvalue weighted by Gasteiger charge is 2.02. The first-order valence-electron chi connectivity index (χ1n) is 3.80. The molecule has 0 N–H and O–H groups in total. The van der Waals surface area contributed by atoms with Gasteiger partial charge in [-0.3, -0.25) is 0 Å². The molecule has 1 aromatic heterocycles. The van der Waals surface area contributed by atoms with Crippen LogP contribution in [0, 0.1) is 18.3 Å². The maximum absolute atomic E-state index is 8.79. The molecule has 3 heteroatoms. The van der Waals surface area contributed by atoms with E-state index in [1.807, 2.05) is 30.3 Å². The number of fused-ring (bicyclic) bond motifs is 1. The maximum atomic E-state index is 8.79. The number of hydrogen-bond acceptors (Lipinski definition) is 3.